The van der Waals surface area contributed by atoms with Crippen molar-refractivity contribution in [3.63, 3.8) is 0 Å². The molecule has 1 heterocycles. The van der Waals surface area contributed by atoms with Crippen molar-refractivity contribution in [2.75, 3.05) is 29.6 Å². The number of nitrogens with zero attached hydrogens (tertiary/aromatic N) is 1. The highest BCUT2D eigenvalue weighted by molar-refractivity contribution is 7.17. The summed E-state index contributed by atoms with van der Waals surface area (Å²) in [6.45, 7) is 2.19. The van der Waals surface area contributed by atoms with Crippen LogP contribution in [-0.4, -0.2) is 25.9 Å². The molecule has 0 aliphatic heterocycles. The van der Waals surface area contributed by atoms with E-state index in [0.717, 1.165) is 35.4 Å². The Kier molecular flexibility index (Phi) is 6.28. The predicted octanol–water partition coefficient (Wildman–Crippen LogP) is 5.58. The fourth-order valence-electron chi connectivity index (χ4n) is 3.93. The summed E-state index contributed by atoms with van der Waals surface area (Å²) in [5.41, 5.74) is 3.13. The Labute approximate surface area is 191 Å². The number of hydrogen-bond acceptors (Lipinski definition) is 4. The fourth-order valence-corrected chi connectivity index (χ4v) is 5.33. The number of amides is 2. The van der Waals surface area contributed by atoms with Crippen LogP contribution in [0.1, 0.15) is 44.5 Å². The van der Waals surface area contributed by atoms with Crippen molar-refractivity contribution in [3.05, 3.63) is 75.9 Å². The number of fused-ring (bicyclic) bond motifs is 1. The summed E-state index contributed by atoms with van der Waals surface area (Å²) < 4.78 is 14.1. The van der Waals surface area contributed by atoms with Gasteiger partial charge < -0.3 is 15.5 Å². The molecule has 0 spiro atoms. The van der Waals surface area contributed by atoms with Crippen molar-refractivity contribution in [2.45, 2.75) is 26.2 Å². The van der Waals surface area contributed by atoms with E-state index in [2.05, 4.69) is 17.6 Å². The van der Waals surface area contributed by atoms with Crippen molar-refractivity contribution in [1.29, 1.82) is 0 Å². The monoisotopic (exact) mass is 451 g/mol. The number of carbonyl (C=O) groups excluding carboxylic acids is 2. The first-order valence-corrected chi connectivity index (χ1v) is 11.4. The maximum atomic E-state index is 14.1. The zero-order valence-electron chi connectivity index (χ0n) is 18.4. The van der Waals surface area contributed by atoms with Gasteiger partial charge in [0.2, 0.25) is 0 Å². The van der Waals surface area contributed by atoms with Gasteiger partial charge >= 0.3 is 0 Å². The molecule has 0 saturated carbocycles. The van der Waals surface area contributed by atoms with Gasteiger partial charge in [0.05, 0.1) is 11.1 Å². The Morgan fingerprint density at radius 2 is 1.75 bits per heavy atom. The normalized spacial score (nSPS) is 15.1. The van der Waals surface area contributed by atoms with Crippen molar-refractivity contribution in [1.82, 2.24) is 0 Å². The van der Waals surface area contributed by atoms with E-state index in [1.165, 1.54) is 29.5 Å². The Hall–Kier alpha value is -3.19. The van der Waals surface area contributed by atoms with Crippen LogP contribution in [0.2, 0.25) is 0 Å². The van der Waals surface area contributed by atoms with Gasteiger partial charge in [-0.25, -0.2) is 4.39 Å². The van der Waals surface area contributed by atoms with Gasteiger partial charge in [-0.3, -0.25) is 9.59 Å². The summed E-state index contributed by atoms with van der Waals surface area (Å²) in [6, 6.07) is 13.4. The molecule has 2 N–H and O–H groups in total. The third-order valence-corrected chi connectivity index (χ3v) is 6.90. The lowest BCUT2D eigenvalue weighted by Gasteiger charge is -2.19. The van der Waals surface area contributed by atoms with Crippen LogP contribution in [-0.2, 0) is 12.8 Å². The molecular weight excluding hydrogens is 425 g/mol. The third kappa shape index (κ3) is 4.53. The fraction of sp³-hybridized carbons (Fsp3) is 0.280. The molecular formula is C25H26FN3O2S. The first-order chi connectivity index (χ1) is 15.3. The Morgan fingerprint density at radius 3 is 2.44 bits per heavy atom. The Morgan fingerprint density at radius 1 is 1.03 bits per heavy atom. The van der Waals surface area contributed by atoms with Gasteiger partial charge in [-0.05, 0) is 67.1 Å². The molecule has 0 saturated heterocycles. The quantitative estimate of drug-likeness (QED) is 0.532. The molecule has 0 radical (unpaired) electrons. The lowest BCUT2D eigenvalue weighted by molar-refractivity contribution is 0.102. The van der Waals surface area contributed by atoms with Gasteiger partial charge in [0.15, 0.2) is 0 Å². The molecule has 0 fully saturated rings. The van der Waals surface area contributed by atoms with E-state index in [1.807, 2.05) is 43.3 Å². The zero-order valence-corrected chi connectivity index (χ0v) is 19.2. The van der Waals surface area contributed by atoms with E-state index in [0.29, 0.717) is 22.2 Å². The minimum Gasteiger partial charge on any atom is -0.378 e. The van der Waals surface area contributed by atoms with Crippen molar-refractivity contribution < 1.29 is 14.0 Å². The van der Waals surface area contributed by atoms with Gasteiger partial charge in [0.1, 0.15) is 10.8 Å². The van der Waals surface area contributed by atoms with Crippen LogP contribution in [0.3, 0.4) is 0 Å². The van der Waals surface area contributed by atoms with Gasteiger partial charge in [0, 0.05) is 30.3 Å². The van der Waals surface area contributed by atoms with Crippen LogP contribution in [0.4, 0.5) is 20.8 Å². The topological polar surface area (TPSA) is 61.4 Å². The number of anilines is 3. The first kappa shape index (κ1) is 22.0. The molecule has 1 aliphatic rings. The SMILES string of the molecule is C[C@H]1CCc2c(sc(NC(=O)c3ccccc3F)c2C(=O)Nc2ccc(N(C)C)cc2)C1. The highest BCUT2D eigenvalue weighted by Crippen LogP contribution is 2.40. The number of rotatable bonds is 5. The van der Waals surface area contributed by atoms with E-state index in [4.69, 9.17) is 0 Å². The average molecular weight is 452 g/mol. The lowest BCUT2D eigenvalue weighted by Crippen LogP contribution is -2.20. The molecule has 3 aromatic rings. The minimum atomic E-state index is -0.591. The van der Waals surface area contributed by atoms with Gasteiger partial charge in [0.25, 0.3) is 11.8 Å². The number of hydrogen-bond donors (Lipinski definition) is 2. The molecule has 32 heavy (non-hydrogen) atoms. The number of benzene rings is 2. The van der Waals surface area contributed by atoms with Gasteiger partial charge in [-0.15, -0.1) is 11.3 Å². The molecule has 4 rings (SSSR count). The molecule has 7 heteroatoms. The third-order valence-electron chi connectivity index (χ3n) is 5.73. The molecule has 0 bridgehead atoms. The summed E-state index contributed by atoms with van der Waals surface area (Å²) >= 11 is 1.42. The van der Waals surface area contributed by atoms with E-state index in [-0.39, 0.29) is 11.5 Å². The second-order valence-electron chi connectivity index (χ2n) is 8.39. The van der Waals surface area contributed by atoms with E-state index in [1.54, 1.807) is 6.07 Å². The number of thiophene rings is 1. The maximum absolute atomic E-state index is 14.1. The Bertz CT molecular complexity index is 1150. The van der Waals surface area contributed by atoms with Crippen LogP contribution >= 0.6 is 11.3 Å². The Balaban J connectivity index is 1.64. The first-order valence-electron chi connectivity index (χ1n) is 10.6. The minimum absolute atomic E-state index is 0.0436. The smallest absolute Gasteiger partial charge is 0.259 e. The van der Waals surface area contributed by atoms with Crippen molar-refractivity contribution in [3.8, 4) is 0 Å². The maximum Gasteiger partial charge on any atom is 0.259 e. The number of nitrogens with one attached hydrogen (secondary N) is 2. The number of carbonyl (C=O) groups is 2. The highest BCUT2D eigenvalue weighted by atomic mass is 32.1. The molecule has 1 atom stereocenters. The lowest BCUT2D eigenvalue weighted by atomic mass is 9.88. The second-order valence-corrected chi connectivity index (χ2v) is 9.49. The molecule has 1 aliphatic carbocycles. The van der Waals surface area contributed by atoms with E-state index in [9.17, 15) is 14.0 Å². The summed E-state index contributed by atoms with van der Waals surface area (Å²) in [7, 11) is 3.91. The molecule has 1 aromatic heterocycles. The zero-order chi connectivity index (χ0) is 22.8. The van der Waals surface area contributed by atoms with Crippen LogP contribution in [0.15, 0.2) is 48.5 Å². The molecule has 2 amide bonds. The van der Waals surface area contributed by atoms with E-state index < -0.39 is 11.7 Å². The van der Waals surface area contributed by atoms with Crippen LogP contribution in [0.25, 0.3) is 0 Å². The summed E-state index contributed by atoms with van der Waals surface area (Å²) in [5, 5.41) is 6.23. The molecule has 2 aromatic carbocycles. The summed E-state index contributed by atoms with van der Waals surface area (Å²) in [4.78, 5) is 29.2. The van der Waals surface area contributed by atoms with E-state index >= 15 is 0 Å². The van der Waals surface area contributed by atoms with Crippen LogP contribution in [0.5, 0.6) is 0 Å². The van der Waals surface area contributed by atoms with Gasteiger partial charge in [-0.2, -0.15) is 0 Å². The average Bonchev–Trinajstić information content (AvgIpc) is 3.11. The molecule has 166 valence electrons. The standard InChI is InChI=1S/C25H26FN3O2S/c1-15-8-13-19-21(14-15)32-25(28-23(30)18-6-4-5-7-20(18)26)22(19)24(31)27-16-9-11-17(12-10-16)29(2)3/h4-7,9-12,15H,8,13-14H2,1-3H3,(H,27,31)(H,28,30)/t15-/m0/s1. The molecule has 5 nitrogen and oxygen atoms in total. The summed E-state index contributed by atoms with van der Waals surface area (Å²) in [5.74, 6) is -0.893. The van der Waals surface area contributed by atoms with Crippen molar-refractivity contribution >= 4 is 39.5 Å². The number of halogens is 1. The van der Waals surface area contributed by atoms with Crippen LogP contribution < -0.4 is 15.5 Å². The van der Waals surface area contributed by atoms with Crippen molar-refractivity contribution in [2.24, 2.45) is 5.92 Å². The predicted molar refractivity (Wildman–Crippen MR) is 129 cm³/mol. The highest BCUT2D eigenvalue weighted by Gasteiger charge is 2.29. The molecule has 0 unspecified atom stereocenters. The van der Waals surface area contributed by atoms with Crippen LogP contribution in [0, 0.1) is 11.7 Å². The summed E-state index contributed by atoms with van der Waals surface area (Å²) in [6.07, 6.45) is 2.64. The van der Waals surface area contributed by atoms with Gasteiger partial charge in [-0.1, -0.05) is 19.1 Å². The largest absolute Gasteiger partial charge is 0.378 e. The second kappa shape index (κ2) is 9.12.